The first-order chi connectivity index (χ1) is 9.27. The molecule has 1 heterocycles. The summed E-state index contributed by atoms with van der Waals surface area (Å²) in [6, 6.07) is 0. The first kappa shape index (κ1) is 16.0. The number of thioether (sulfide) groups is 1. The number of aromatic nitrogens is 3. The number of ether oxygens (including phenoxy) is 1. The van der Waals surface area contributed by atoms with E-state index in [4.69, 9.17) is 4.74 Å². The van der Waals surface area contributed by atoms with Crippen molar-refractivity contribution in [2.45, 2.75) is 37.9 Å². The van der Waals surface area contributed by atoms with Gasteiger partial charge in [0.1, 0.15) is 6.33 Å². The fraction of sp³-hybridized carbons (Fsp3) is 0.750. The third-order valence-electron chi connectivity index (χ3n) is 2.51. The predicted molar refractivity (Wildman–Crippen MR) is 75.2 cm³/mol. The molecule has 0 fully saturated rings. The third-order valence-corrected chi connectivity index (χ3v) is 3.49. The van der Waals surface area contributed by atoms with Gasteiger partial charge < -0.3 is 14.6 Å². The molecule has 0 saturated heterocycles. The minimum atomic E-state index is 0.0462. The number of aryl methyl sites for hydroxylation is 1. The molecule has 0 aromatic carbocycles. The molecule has 0 radical (unpaired) electrons. The fourth-order valence-electron chi connectivity index (χ4n) is 1.47. The number of unbranched alkanes of at least 4 members (excludes halogenated alkanes) is 1. The standard InChI is InChI=1S/C12H22N4O2S/c1-3-4-6-13-11(17)9-19-12-15-14-10-16(12)7-5-8-18-2/h10H,3-9H2,1-2H3,(H,13,17). The molecule has 7 heteroatoms. The molecule has 0 bridgehead atoms. The molecular formula is C12H22N4O2S. The van der Waals surface area contributed by atoms with Crippen LogP contribution in [0.25, 0.3) is 0 Å². The summed E-state index contributed by atoms with van der Waals surface area (Å²) in [5.41, 5.74) is 0. The quantitative estimate of drug-likeness (QED) is 0.519. The van der Waals surface area contributed by atoms with E-state index in [1.165, 1.54) is 11.8 Å². The Morgan fingerprint density at radius 2 is 2.37 bits per heavy atom. The molecule has 0 atom stereocenters. The van der Waals surface area contributed by atoms with Crippen LogP contribution in [-0.2, 0) is 16.1 Å². The lowest BCUT2D eigenvalue weighted by Crippen LogP contribution is -2.26. The normalized spacial score (nSPS) is 10.6. The van der Waals surface area contributed by atoms with Crippen LogP contribution in [-0.4, -0.2) is 46.7 Å². The van der Waals surface area contributed by atoms with Gasteiger partial charge in [0.25, 0.3) is 0 Å². The van der Waals surface area contributed by atoms with Crippen molar-refractivity contribution in [2.24, 2.45) is 0 Å². The van der Waals surface area contributed by atoms with E-state index in [0.29, 0.717) is 12.4 Å². The number of methoxy groups -OCH3 is 1. The van der Waals surface area contributed by atoms with E-state index in [-0.39, 0.29) is 5.91 Å². The summed E-state index contributed by atoms with van der Waals surface area (Å²) in [6.45, 7) is 4.36. The molecule has 1 amide bonds. The first-order valence-corrected chi connectivity index (χ1v) is 7.52. The van der Waals surface area contributed by atoms with Gasteiger partial charge in [-0.3, -0.25) is 4.79 Å². The number of nitrogens with one attached hydrogen (secondary N) is 1. The average Bonchev–Trinajstić information content (AvgIpc) is 2.85. The molecule has 6 nitrogen and oxygen atoms in total. The highest BCUT2D eigenvalue weighted by Gasteiger charge is 2.08. The first-order valence-electron chi connectivity index (χ1n) is 6.54. The minimum absolute atomic E-state index is 0.0462. The monoisotopic (exact) mass is 286 g/mol. The highest BCUT2D eigenvalue weighted by molar-refractivity contribution is 7.99. The largest absolute Gasteiger partial charge is 0.385 e. The number of carbonyl (C=O) groups is 1. The van der Waals surface area contributed by atoms with Crippen molar-refractivity contribution in [1.29, 1.82) is 0 Å². The van der Waals surface area contributed by atoms with Crippen LogP contribution >= 0.6 is 11.8 Å². The Labute approximate surface area is 118 Å². The Hall–Kier alpha value is -1.08. The smallest absolute Gasteiger partial charge is 0.230 e. The maximum atomic E-state index is 11.6. The van der Waals surface area contributed by atoms with Crippen molar-refractivity contribution in [2.75, 3.05) is 26.0 Å². The van der Waals surface area contributed by atoms with Crippen molar-refractivity contribution in [1.82, 2.24) is 20.1 Å². The van der Waals surface area contributed by atoms with E-state index < -0.39 is 0 Å². The van der Waals surface area contributed by atoms with E-state index in [2.05, 4.69) is 22.4 Å². The minimum Gasteiger partial charge on any atom is -0.385 e. The highest BCUT2D eigenvalue weighted by Crippen LogP contribution is 2.14. The van der Waals surface area contributed by atoms with Gasteiger partial charge in [0.15, 0.2) is 5.16 Å². The van der Waals surface area contributed by atoms with Crippen molar-refractivity contribution in [3.05, 3.63) is 6.33 Å². The lowest BCUT2D eigenvalue weighted by atomic mass is 10.3. The zero-order chi connectivity index (χ0) is 13.9. The maximum Gasteiger partial charge on any atom is 0.230 e. The van der Waals surface area contributed by atoms with Crippen LogP contribution in [0.3, 0.4) is 0 Å². The Kier molecular flexibility index (Phi) is 8.24. The molecule has 108 valence electrons. The summed E-state index contributed by atoms with van der Waals surface area (Å²) in [4.78, 5) is 11.6. The summed E-state index contributed by atoms with van der Waals surface area (Å²) in [7, 11) is 1.68. The van der Waals surface area contributed by atoms with Crippen LogP contribution in [0.4, 0.5) is 0 Å². The van der Waals surface area contributed by atoms with Gasteiger partial charge in [-0.15, -0.1) is 10.2 Å². The number of carbonyl (C=O) groups excluding carboxylic acids is 1. The van der Waals surface area contributed by atoms with Crippen molar-refractivity contribution in [3.8, 4) is 0 Å². The third kappa shape index (κ3) is 6.58. The molecule has 0 aliphatic carbocycles. The summed E-state index contributed by atoms with van der Waals surface area (Å²) in [5.74, 6) is 0.428. The van der Waals surface area contributed by atoms with Gasteiger partial charge in [-0.2, -0.15) is 0 Å². The van der Waals surface area contributed by atoms with Crippen LogP contribution in [0.5, 0.6) is 0 Å². The van der Waals surface area contributed by atoms with Crippen LogP contribution < -0.4 is 5.32 Å². The maximum absolute atomic E-state index is 11.6. The molecular weight excluding hydrogens is 264 g/mol. The number of hydrogen-bond acceptors (Lipinski definition) is 5. The van der Waals surface area contributed by atoms with Crippen molar-refractivity contribution in [3.63, 3.8) is 0 Å². The molecule has 0 aliphatic heterocycles. The molecule has 0 aliphatic rings. The van der Waals surface area contributed by atoms with Crippen LogP contribution in [0, 0.1) is 0 Å². The van der Waals surface area contributed by atoms with E-state index >= 15 is 0 Å². The molecule has 1 aromatic heterocycles. The topological polar surface area (TPSA) is 69.0 Å². The van der Waals surface area contributed by atoms with Crippen molar-refractivity contribution < 1.29 is 9.53 Å². The van der Waals surface area contributed by atoms with Gasteiger partial charge in [0.05, 0.1) is 5.75 Å². The summed E-state index contributed by atoms with van der Waals surface area (Å²) in [5, 5.41) is 11.6. The fourth-order valence-corrected chi connectivity index (χ4v) is 2.25. The van der Waals surface area contributed by atoms with Crippen LogP contribution in [0.15, 0.2) is 11.5 Å². The second kappa shape index (κ2) is 9.80. The highest BCUT2D eigenvalue weighted by atomic mass is 32.2. The van der Waals surface area contributed by atoms with Crippen LogP contribution in [0.2, 0.25) is 0 Å². The van der Waals surface area contributed by atoms with Gasteiger partial charge in [-0.25, -0.2) is 0 Å². The molecule has 1 aromatic rings. The second-order valence-corrected chi connectivity index (χ2v) is 5.09. The molecule has 0 saturated carbocycles. The Morgan fingerprint density at radius 1 is 1.53 bits per heavy atom. The zero-order valence-electron chi connectivity index (χ0n) is 11.6. The lowest BCUT2D eigenvalue weighted by Gasteiger charge is -2.06. The van der Waals surface area contributed by atoms with Gasteiger partial charge in [0, 0.05) is 26.8 Å². The summed E-state index contributed by atoms with van der Waals surface area (Å²) in [6.07, 6.45) is 4.70. The number of rotatable bonds is 10. The average molecular weight is 286 g/mol. The molecule has 0 spiro atoms. The van der Waals surface area contributed by atoms with E-state index in [1.807, 2.05) is 4.57 Å². The number of nitrogens with zero attached hydrogens (tertiary/aromatic N) is 3. The molecule has 1 rings (SSSR count). The molecule has 19 heavy (non-hydrogen) atoms. The summed E-state index contributed by atoms with van der Waals surface area (Å²) >= 11 is 1.41. The molecule has 1 N–H and O–H groups in total. The van der Waals surface area contributed by atoms with Crippen LogP contribution in [0.1, 0.15) is 26.2 Å². The van der Waals surface area contributed by atoms with E-state index in [9.17, 15) is 4.79 Å². The predicted octanol–water partition coefficient (Wildman–Crippen LogP) is 1.32. The zero-order valence-corrected chi connectivity index (χ0v) is 12.4. The van der Waals surface area contributed by atoms with E-state index in [0.717, 1.165) is 37.5 Å². The number of hydrogen-bond donors (Lipinski definition) is 1. The van der Waals surface area contributed by atoms with Gasteiger partial charge in [0.2, 0.25) is 5.91 Å². The van der Waals surface area contributed by atoms with Gasteiger partial charge in [-0.05, 0) is 12.8 Å². The van der Waals surface area contributed by atoms with Gasteiger partial charge in [-0.1, -0.05) is 25.1 Å². The van der Waals surface area contributed by atoms with Gasteiger partial charge >= 0.3 is 0 Å². The lowest BCUT2D eigenvalue weighted by molar-refractivity contribution is -0.118. The Balaban J connectivity index is 2.28. The molecule has 0 unspecified atom stereocenters. The SMILES string of the molecule is CCCCNC(=O)CSc1nncn1CCCOC. The second-order valence-electron chi connectivity index (χ2n) is 4.15. The Bertz CT molecular complexity index is 370. The number of amides is 1. The summed E-state index contributed by atoms with van der Waals surface area (Å²) < 4.78 is 6.96. The van der Waals surface area contributed by atoms with E-state index in [1.54, 1.807) is 13.4 Å². The Morgan fingerprint density at radius 3 is 3.11 bits per heavy atom. The van der Waals surface area contributed by atoms with Crippen molar-refractivity contribution >= 4 is 17.7 Å².